The van der Waals surface area contributed by atoms with Gasteiger partial charge in [0.05, 0.1) is 4.90 Å². The van der Waals surface area contributed by atoms with E-state index in [4.69, 9.17) is 0 Å². The molecule has 4 nitrogen and oxygen atoms in total. The van der Waals surface area contributed by atoms with E-state index in [1.54, 1.807) is 10.4 Å². The van der Waals surface area contributed by atoms with E-state index in [9.17, 15) is 13.5 Å². The summed E-state index contributed by atoms with van der Waals surface area (Å²) in [4.78, 5) is 0.170. The molecule has 0 aliphatic carbocycles. The molecular weight excluding hydrogens is 250 g/mol. The van der Waals surface area contributed by atoms with Gasteiger partial charge < -0.3 is 5.11 Å². The first-order valence-corrected chi connectivity index (χ1v) is 7.69. The molecule has 0 bridgehead atoms. The Balaban J connectivity index is 2.41. The number of piperidine rings is 1. The molecule has 1 saturated heterocycles. The first kappa shape index (κ1) is 13.4. The summed E-state index contributed by atoms with van der Waals surface area (Å²) in [5.41, 5.74) is 0. The average molecular weight is 269 g/mol. The summed E-state index contributed by atoms with van der Waals surface area (Å²) in [6.07, 6.45) is 2.85. The summed E-state index contributed by atoms with van der Waals surface area (Å²) in [6, 6.07) is 5.90. The standard InChI is InChI=1S/C13H19NO3S/c1-10-5-3-6-11(2)14(10)18(16,17)13-8-4-7-12(15)9-13/h4,7-11,15H,3,5-6H2,1-2H3/t10-,11+. The summed E-state index contributed by atoms with van der Waals surface area (Å²) in [6.45, 7) is 3.88. The second-order valence-electron chi connectivity index (χ2n) is 4.96. The number of benzene rings is 1. The zero-order valence-electron chi connectivity index (χ0n) is 10.7. The molecule has 1 aromatic carbocycles. The van der Waals surface area contributed by atoms with Crippen LogP contribution in [0.25, 0.3) is 0 Å². The van der Waals surface area contributed by atoms with Crippen LogP contribution >= 0.6 is 0 Å². The zero-order valence-corrected chi connectivity index (χ0v) is 11.5. The van der Waals surface area contributed by atoms with Crippen molar-refractivity contribution in [2.24, 2.45) is 0 Å². The van der Waals surface area contributed by atoms with Crippen LogP contribution in [0.5, 0.6) is 5.75 Å². The molecule has 1 heterocycles. The predicted molar refractivity (Wildman–Crippen MR) is 69.9 cm³/mol. The minimum absolute atomic E-state index is 0.0149. The highest BCUT2D eigenvalue weighted by atomic mass is 32.2. The minimum Gasteiger partial charge on any atom is -0.508 e. The molecule has 100 valence electrons. The second kappa shape index (κ2) is 4.90. The maximum absolute atomic E-state index is 12.6. The van der Waals surface area contributed by atoms with Crippen molar-refractivity contribution in [1.82, 2.24) is 4.31 Å². The summed E-state index contributed by atoms with van der Waals surface area (Å²) in [5.74, 6) is -0.0200. The van der Waals surface area contributed by atoms with Crippen LogP contribution in [-0.4, -0.2) is 29.9 Å². The fourth-order valence-electron chi connectivity index (χ4n) is 2.64. The maximum Gasteiger partial charge on any atom is 0.243 e. The van der Waals surface area contributed by atoms with Gasteiger partial charge in [-0.1, -0.05) is 12.5 Å². The lowest BCUT2D eigenvalue weighted by Gasteiger charge is -2.37. The number of rotatable bonds is 2. The highest BCUT2D eigenvalue weighted by molar-refractivity contribution is 7.89. The van der Waals surface area contributed by atoms with Crippen molar-refractivity contribution in [3.8, 4) is 5.75 Å². The summed E-state index contributed by atoms with van der Waals surface area (Å²) >= 11 is 0. The molecule has 5 heteroatoms. The molecule has 0 radical (unpaired) electrons. The highest BCUT2D eigenvalue weighted by Gasteiger charge is 2.35. The Labute approximate surface area is 108 Å². The minimum atomic E-state index is -3.51. The van der Waals surface area contributed by atoms with Gasteiger partial charge in [0.15, 0.2) is 0 Å². The molecule has 0 unspecified atom stereocenters. The fraction of sp³-hybridized carbons (Fsp3) is 0.538. The van der Waals surface area contributed by atoms with E-state index in [0.29, 0.717) is 0 Å². The third kappa shape index (κ3) is 2.37. The molecular formula is C13H19NO3S. The monoisotopic (exact) mass is 269 g/mol. The lowest BCUT2D eigenvalue weighted by molar-refractivity contribution is 0.204. The van der Waals surface area contributed by atoms with Crippen molar-refractivity contribution in [2.75, 3.05) is 0 Å². The maximum atomic E-state index is 12.6. The first-order valence-electron chi connectivity index (χ1n) is 6.25. The molecule has 1 aliphatic heterocycles. The zero-order chi connectivity index (χ0) is 13.3. The molecule has 0 saturated carbocycles. The summed E-state index contributed by atoms with van der Waals surface area (Å²) < 4.78 is 26.7. The van der Waals surface area contributed by atoms with E-state index in [0.717, 1.165) is 19.3 Å². The third-order valence-electron chi connectivity index (χ3n) is 3.51. The van der Waals surface area contributed by atoms with Crippen molar-refractivity contribution < 1.29 is 13.5 Å². The van der Waals surface area contributed by atoms with E-state index in [2.05, 4.69) is 0 Å². The molecule has 1 fully saturated rings. The molecule has 0 amide bonds. The van der Waals surface area contributed by atoms with E-state index < -0.39 is 10.0 Å². The van der Waals surface area contributed by atoms with Crippen molar-refractivity contribution in [3.05, 3.63) is 24.3 Å². The van der Waals surface area contributed by atoms with Crippen LogP contribution in [0.3, 0.4) is 0 Å². The number of nitrogens with zero attached hydrogens (tertiary/aromatic N) is 1. The van der Waals surface area contributed by atoms with Gasteiger partial charge in [-0.3, -0.25) is 0 Å². The van der Waals surface area contributed by atoms with Gasteiger partial charge in [0.25, 0.3) is 0 Å². The number of phenols is 1. The molecule has 0 spiro atoms. The van der Waals surface area contributed by atoms with Crippen LogP contribution in [0.2, 0.25) is 0 Å². The van der Waals surface area contributed by atoms with E-state index in [1.165, 1.54) is 18.2 Å². The van der Waals surface area contributed by atoms with Gasteiger partial charge in [0.1, 0.15) is 5.75 Å². The van der Waals surface area contributed by atoms with Gasteiger partial charge in [-0.15, -0.1) is 0 Å². The van der Waals surface area contributed by atoms with E-state index in [1.807, 2.05) is 13.8 Å². The van der Waals surface area contributed by atoms with Gasteiger partial charge >= 0.3 is 0 Å². The van der Waals surface area contributed by atoms with Crippen molar-refractivity contribution in [3.63, 3.8) is 0 Å². The van der Waals surface area contributed by atoms with Crippen LogP contribution < -0.4 is 0 Å². The molecule has 1 aliphatic rings. The Kier molecular flexibility index (Phi) is 3.64. The third-order valence-corrected chi connectivity index (χ3v) is 5.63. The van der Waals surface area contributed by atoms with Crippen LogP contribution in [0, 0.1) is 0 Å². The van der Waals surface area contributed by atoms with Gasteiger partial charge in [-0.2, -0.15) is 4.31 Å². The lowest BCUT2D eigenvalue weighted by Crippen LogP contribution is -2.47. The Morgan fingerprint density at radius 3 is 2.39 bits per heavy atom. The van der Waals surface area contributed by atoms with Gasteiger partial charge in [-0.05, 0) is 44.9 Å². The molecule has 0 aromatic heterocycles. The van der Waals surface area contributed by atoms with E-state index >= 15 is 0 Å². The van der Waals surface area contributed by atoms with Crippen molar-refractivity contribution >= 4 is 10.0 Å². The lowest BCUT2D eigenvalue weighted by atomic mass is 10.0. The van der Waals surface area contributed by atoms with Crippen LogP contribution in [0.1, 0.15) is 33.1 Å². The number of phenolic OH excluding ortho intramolecular Hbond substituents is 1. The van der Waals surface area contributed by atoms with Crippen LogP contribution in [-0.2, 0) is 10.0 Å². The molecule has 1 aromatic rings. The Morgan fingerprint density at radius 1 is 1.22 bits per heavy atom. The van der Waals surface area contributed by atoms with Crippen molar-refractivity contribution in [2.45, 2.75) is 50.1 Å². The molecule has 2 atom stereocenters. The number of hydrogen-bond donors (Lipinski definition) is 1. The van der Waals surface area contributed by atoms with Gasteiger partial charge in [0, 0.05) is 12.1 Å². The normalized spacial score (nSPS) is 26.1. The molecule has 18 heavy (non-hydrogen) atoms. The summed E-state index contributed by atoms with van der Waals surface area (Å²) in [7, 11) is -3.51. The quantitative estimate of drug-likeness (QED) is 0.896. The van der Waals surface area contributed by atoms with Crippen LogP contribution in [0.15, 0.2) is 29.2 Å². The Morgan fingerprint density at radius 2 is 1.83 bits per heavy atom. The fourth-order valence-corrected chi connectivity index (χ4v) is 4.56. The largest absolute Gasteiger partial charge is 0.508 e. The summed E-state index contributed by atoms with van der Waals surface area (Å²) in [5, 5.41) is 9.42. The van der Waals surface area contributed by atoms with Crippen LogP contribution in [0.4, 0.5) is 0 Å². The molecule has 1 N–H and O–H groups in total. The number of sulfonamides is 1. The number of aromatic hydroxyl groups is 1. The number of hydrogen-bond acceptors (Lipinski definition) is 3. The second-order valence-corrected chi connectivity index (χ2v) is 6.80. The average Bonchev–Trinajstić information content (AvgIpc) is 2.28. The van der Waals surface area contributed by atoms with Crippen molar-refractivity contribution in [1.29, 1.82) is 0 Å². The SMILES string of the molecule is C[C@@H]1CCC[C@H](C)N1S(=O)(=O)c1cccc(O)c1. The molecule has 2 rings (SSSR count). The highest BCUT2D eigenvalue weighted by Crippen LogP contribution is 2.30. The smallest absolute Gasteiger partial charge is 0.243 e. The first-order chi connectivity index (χ1) is 8.43. The predicted octanol–water partition coefficient (Wildman–Crippen LogP) is 2.34. The Bertz CT molecular complexity index is 517. The van der Waals surface area contributed by atoms with E-state index in [-0.39, 0.29) is 22.7 Å². The Hall–Kier alpha value is -1.07. The van der Waals surface area contributed by atoms with Gasteiger partial charge in [0.2, 0.25) is 10.0 Å². The topological polar surface area (TPSA) is 57.6 Å². The van der Waals surface area contributed by atoms with Gasteiger partial charge in [-0.25, -0.2) is 8.42 Å².